The molecule has 1 fully saturated rings. The molecule has 0 aliphatic carbocycles. The average molecular weight is 283 g/mol. The molecule has 1 heterocycles. The highest BCUT2D eigenvalue weighted by molar-refractivity contribution is 5.63. The number of nitrogens with zero attached hydrogens (tertiary/aromatic N) is 2. The molecule has 3 N–H and O–H groups in total. The first-order chi connectivity index (χ1) is 9.52. The Bertz CT molecular complexity index is 460. The van der Waals surface area contributed by atoms with E-state index in [1.54, 1.807) is 19.1 Å². The van der Waals surface area contributed by atoms with Gasteiger partial charge in [-0.3, -0.25) is 4.90 Å². The van der Waals surface area contributed by atoms with Crippen LogP contribution in [0.3, 0.4) is 0 Å². The predicted octanol–water partition coefficient (Wildman–Crippen LogP) is 0.919. The fraction of sp³-hybridized carbons (Fsp3) is 0.571. The Balaban J connectivity index is 2.07. The number of aliphatic hydroxyl groups is 1. The topological polar surface area (TPSA) is 62.0 Å². The SMILES string of the molecule is COc1c(N)ccc(N2CCN(CC(C)O)CC2)c1F. The maximum Gasteiger partial charge on any atom is 0.190 e. The van der Waals surface area contributed by atoms with Gasteiger partial charge in [0.2, 0.25) is 0 Å². The van der Waals surface area contributed by atoms with Crippen LogP contribution in [0.4, 0.5) is 15.8 Å². The van der Waals surface area contributed by atoms with Gasteiger partial charge in [-0.1, -0.05) is 0 Å². The van der Waals surface area contributed by atoms with E-state index in [1.165, 1.54) is 7.11 Å². The van der Waals surface area contributed by atoms with Crippen molar-refractivity contribution < 1.29 is 14.2 Å². The first-order valence-corrected chi connectivity index (χ1v) is 6.80. The molecule has 1 aromatic rings. The van der Waals surface area contributed by atoms with Crippen LogP contribution in [-0.2, 0) is 0 Å². The first kappa shape index (κ1) is 14.9. The molecule has 1 saturated heterocycles. The Morgan fingerprint density at radius 2 is 2.00 bits per heavy atom. The van der Waals surface area contributed by atoms with Gasteiger partial charge in [-0.15, -0.1) is 0 Å². The molecule has 0 amide bonds. The van der Waals surface area contributed by atoms with Gasteiger partial charge in [-0.05, 0) is 19.1 Å². The number of piperazine rings is 1. The summed E-state index contributed by atoms with van der Waals surface area (Å²) in [5.74, 6) is -0.301. The summed E-state index contributed by atoms with van der Waals surface area (Å²) < 4.78 is 19.3. The number of nitrogens with two attached hydrogens (primary N) is 1. The van der Waals surface area contributed by atoms with E-state index >= 15 is 0 Å². The smallest absolute Gasteiger partial charge is 0.190 e. The maximum atomic E-state index is 14.3. The summed E-state index contributed by atoms with van der Waals surface area (Å²) in [6, 6.07) is 3.36. The molecule has 0 aromatic heterocycles. The lowest BCUT2D eigenvalue weighted by molar-refractivity contribution is 0.122. The van der Waals surface area contributed by atoms with Crippen molar-refractivity contribution in [1.29, 1.82) is 0 Å². The average Bonchev–Trinajstić information content (AvgIpc) is 2.40. The van der Waals surface area contributed by atoms with Crippen LogP contribution in [0, 0.1) is 5.82 Å². The lowest BCUT2D eigenvalue weighted by atomic mass is 10.2. The van der Waals surface area contributed by atoms with E-state index in [0.29, 0.717) is 17.9 Å². The Morgan fingerprint density at radius 3 is 2.55 bits per heavy atom. The van der Waals surface area contributed by atoms with E-state index in [9.17, 15) is 9.50 Å². The summed E-state index contributed by atoms with van der Waals surface area (Å²) in [5, 5.41) is 9.38. The van der Waals surface area contributed by atoms with Gasteiger partial charge in [0.15, 0.2) is 11.6 Å². The third-order valence-corrected chi connectivity index (χ3v) is 3.55. The highest BCUT2D eigenvalue weighted by Crippen LogP contribution is 2.33. The fourth-order valence-corrected chi connectivity index (χ4v) is 2.56. The number of halogens is 1. The highest BCUT2D eigenvalue weighted by atomic mass is 19.1. The van der Waals surface area contributed by atoms with E-state index in [1.807, 2.05) is 4.90 Å². The number of benzene rings is 1. The van der Waals surface area contributed by atoms with Gasteiger partial charge in [-0.25, -0.2) is 4.39 Å². The van der Waals surface area contributed by atoms with Crippen LogP contribution in [-0.4, -0.2) is 55.9 Å². The zero-order chi connectivity index (χ0) is 14.7. The number of hydrogen-bond acceptors (Lipinski definition) is 5. The molecule has 1 aliphatic heterocycles. The second-order valence-electron chi connectivity index (χ2n) is 5.16. The Morgan fingerprint density at radius 1 is 1.35 bits per heavy atom. The molecule has 0 bridgehead atoms. The minimum atomic E-state index is -0.406. The fourth-order valence-electron chi connectivity index (χ4n) is 2.56. The molecule has 0 spiro atoms. The number of nitrogen functional groups attached to an aromatic ring is 1. The Labute approximate surface area is 118 Å². The molecule has 1 unspecified atom stereocenters. The van der Waals surface area contributed by atoms with Gasteiger partial charge in [0.1, 0.15) is 0 Å². The van der Waals surface area contributed by atoms with Crippen molar-refractivity contribution in [3.8, 4) is 5.75 Å². The third-order valence-electron chi connectivity index (χ3n) is 3.55. The molecule has 20 heavy (non-hydrogen) atoms. The lowest BCUT2D eigenvalue weighted by Gasteiger charge is -2.36. The van der Waals surface area contributed by atoms with Gasteiger partial charge in [0.05, 0.1) is 24.6 Å². The molecule has 0 radical (unpaired) electrons. The maximum absolute atomic E-state index is 14.3. The van der Waals surface area contributed by atoms with Crippen LogP contribution < -0.4 is 15.4 Å². The van der Waals surface area contributed by atoms with E-state index in [-0.39, 0.29) is 11.9 Å². The number of rotatable bonds is 4. The van der Waals surface area contributed by atoms with Gasteiger partial charge >= 0.3 is 0 Å². The number of methoxy groups -OCH3 is 1. The standard InChI is InChI=1S/C14H22FN3O2/c1-10(19)9-17-5-7-18(8-6-17)12-4-3-11(16)14(20-2)13(12)15/h3-4,10,19H,5-9,16H2,1-2H3. The van der Waals surface area contributed by atoms with Crippen molar-refractivity contribution >= 4 is 11.4 Å². The van der Waals surface area contributed by atoms with Gasteiger partial charge in [-0.2, -0.15) is 0 Å². The third kappa shape index (κ3) is 3.13. The number of anilines is 2. The van der Waals surface area contributed by atoms with Crippen LogP contribution in [0.5, 0.6) is 5.75 Å². The van der Waals surface area contributed by atoms with Crippen molar-refractivity contribution in [3.63, 3.8) is 0 Å². The van der Waals surface area contributed by atoms with Crippen molar-refractivity contribution in [2.24, 2.45) is 0 Å². The first-order valence-electron chi connectivity index (χ1n) is 6.80. The lowest BCUT2D eigenvalue weighted by Crippen LogP contribution is -2.48. The zero-order valence-electron chi connectivity index (χ0n) is 12.0. The Hall–Kier alpha value is -1.53. The van der Waals surface area contributed by atoms with Crippen molar-refractivity contribution in [2.75, 3.05) is 50.5 Å². The molecule has 1 aliphatic rings. The molecule has 6 heteroatoms. The molecular weight excluding hydrogens is 261 g/mol. The van der Waals surface area contributed by atoms with Crippen LogP contribution in [0.25, 0.3) is 0 Å². The zero-order valence-corrected chi connectivity index (χ0v) is 12.0. The summed E-state index contributed by atoms with van der Waals surface area (Å²) in [6.07, 6.45) is -0.338. The largest absolute Gasteiger partial charge is 0.492 e. The van der Waals surface area contributed by atoms with Crippen molar-refractivity contribution in [3.05, 3.63) is 17.9 Å². The van der Waals surface area contributed by atoms with Crippen LogP contribution >= 0.6 is 0 Å². The van der Waals surface area contributed by atoms with E-state index in [4.69, 9.17) is 10.5 Å². The number of aliphatic hydroxyl groups excluding tert-OH is 1. The predicted molar refractivity (Wildman–Crippen MR) is 77.7 cm³/mol. The van der Waals surface area contributed by atoms with Crippen molar-refractivity contribution in [2.45, 2.75) is 13.0 Å². The number of hydrogen-bond donors (Lipinski definition) is 2. The summed E-state index contributed by atoms with van der Waals surface area (Å²) in [5.41, 5.74) is 6.52. The van der Waals surface area contributed by atoms with Crippen LogP contribution in [0.1, 0.15) is 6.92 Å². The van der Waals surface area contributed by atoms with Gasteiger partial charge < -0.3 is 20.5 Å². The second-order valence-corrected chi connectivity index (χ2v) is 5.16. The summed E-state index contributed by atoms with van der Waals surface area (Å²) >= 11 is 0. The van der Waals surface area contributed by atoms with Crippen molar-refractivity contribution in [1.82, 2.24) is 4.90 Å². The van der Waals surface area contributed by atoms with Crippen LogP contribution in [0.15, 0.2) is 12.1 Å². The monoisotopic (exact) mass is 283 g/mol. The van der Waals surface area contributed by atoms with E-state index in [2.05, 4.69) is 4.90 Å². The number of ether oxygens (including phenoxy) is 1. The van der Waals surface area contributed by atoms with Crippen LogP contribution in [0.2, 0.25) is 0 Å². The summed E-state index contributed by atoms with van der Waals surface area (Å²) in [6.45, 7) is 5.47. The summed E-state index contributed by atoms with van der Waals surface area (Å²) in [4.78, 5) is 4.16. The molecule has 0 saturated carbocycles. The normalized spacial score (nSPS) is 18.1. The minimum absolute atomic E-state index is 0.105. The summed E-state index contributed by atoms with van der Waals surface area (Å²) in [7, 11) is 1.42. The van der Waals surface area contributed by atoms with E-state index < -0.39 is 5.82 Å². The molecule has 1 aromatic carbocycles. The number of β-amino-alcohol motifs (C(OH)–C–C–N with tert-alkyl or cyclic N) is 1. The Kier molecular flexibility index (Phi) is 4.67. The quantitative estimate of drug-likeness (QED) is 0.805. The van der Waals surface area contributed by atoms with E-state index in [0.717, 1.165) is 26.2 Å². The minimum Gasteiger partial charge on any atom is -0.492 e. The molecule has 5 nitrogen and oxygen atoms in total. The highest BCUT2D eigenvalue weighted by Gasteiger charge is 2.22. The van der Waals surface area contributed by atoms with Gasteiger partial charge in [0, 0.05) is 32.7 Å². The molecular formula is C14H22FN3O2. The second kappa shape index (κ2) is 6.28. The van der Waals surface area contributed by atoms with Gasteiger partial charge in [0.25, 0.3) is 0 Å². The molecule has 2 rings (SSSR count). The molecule has 112 valence electrons. The molecule has 1 atom stereocenters.